The van der Waals surface area contributed by atoms with Crippen molar-refractivity contribution in [3.63, 3.8) is 0 Å². The van der Waals surface area contributed by atoms with E-state index in [1.165, 1.54) is 48.5 Å². The number of halogens is 3. The highest BCUT2D eigenvalue weighted by molar-refractivity contribution is 8.77. The van der Waals surface area contributed by atoms with Gasteiger partial charge in [0.1, 0.15) is 96.1 Å². The van der Waals surface area contributed by atoms with Gasteiger partial charge in [0.05, 0.1) is 38.0 Å². The Morgan fingerprint density at radius 3 is 1.00 bits per heavy atom. The lowest BCUT2D eigenvalue weighted by molar-refractivity contribution is -0.192. The molecule has 0 aliphatic carbocycles. The number of carboxylic acids is 1. The van der Waals surface area contributed by atoms with Crippen LogP contribution in [-0.2, 0) is 123 Å². The van der Waals surface area contributed by atoms with Crippen molar-refractivity contribution in [1.82, 2.24) is 84.2 Å². The Kier molecular flexibility index (Phi) is 52.5. The van der Waals surface area contributed by atoms with E-state index in [1.807, 2.05) is 0 Å². The van der Waals surface area contributed by atoms with Gasteiger partial charge in [-0.3, -0.25) is 105 Å². The minimum absolute atomic E-state index is 0.000499. The van der Waals surface area contributed by atoms with Crippen LogP contribution >= 0.6 is 43.2 Å². The molecule has 0 radical (unpaired) electrons. The van der Waals surface area contributed by atoms with E-state index in [0.717, 1.165) is 31.4 Å². The van der Waals surface area contributed by atoms with Gasteiger partial charge in [-0.1, -0.05) is 136 Å². The molecule has 2 aromatic carbocycles. The minimum atomic E-state index is -5.08. The second kappa shape index (κ2) is 61.3. The maximum Gasteiger partial charge on any atom is 0.490 e. The van der Waals surface area contributed by atoms with Gasteiger partial charge in [-0.25, -0.2) is 4.79 Å². The third-order valence-corrected chi connectivity index (χ3v) is 27.7. The van der Waals surface area contributed by atoms with E-state index in [2.05, 4.69) is 74.4 Å². The van der Waals surface area contributed by atoms with Crippen molar-refractivity contribution in [3.8, 4) is 11.5 Å². The van der Waals surface area contributed by atoms with Gasteiger partial charge in [0.25, 0.3) is 0 Å². The molecule has 145 heavy (non-hydrogen) atoms. The number of alkyl halides is 3. The summed E-state index contributed by atoms with van der Waals surface area (Å²) in [5.74, 6) is -30.2. The normalized spacial score (nSPS) is 23.7. The molecule has 0 aromatic heterocycles. The van der Waals surface area contributed by atoms with Crippen molar-refractivity contribution in [1.29, 1.82) is 0 Å². The molecule has 0 bridgehead atoms. The first-order chi connectivity index (χ1) is 67.9. The Bertz CT molecular complexity index is 4620. The van der Waals surface area contributed by atoms with Gasteiger partial charge in [-0.15, -0.1) is 0 Å². The summed E-state index contributed by atoms with van der Waals surface area (Å²) in [5.41, 5.74) is 47.0. The Balaban J connectivity index is 0.00000602. The monoisotopic (exact) mass is 2130 g/mol. The summed E-state index contributed by atoms with van der Waals surface area (Å²) >= 11 is 0. The number of aromatic hydroxyl groups is 2. The van der Waals surface area contributed by atoms with Crippen LogP contribution in [0.4, 0.5) is 13.2 Å². The topological polar surface area (TPSA) is 836 Å². The van der Waals surface area contributed by atoms with Crippen molar-refractivity contribution in [2.24, 2.45) is 69.5 Å². The van der Waals surface area contributed by atoms with Gasteiger partial charge in [0, 0.05) is 61.8 Å². The lowest BCUT2D eigenvalue weighted by Gasteiger charge is -2.32. The number of primary amides is 6. The molecular formula is C88H133F3N24O26S4. The van der Waals surface area contributed by atoms with Crippen LogP contribution in [0.5, 0.6) is 11.5 Å². The fraction of sp³-hybridized carbons (Fsp3) is 0.602. The molecular weight excluding hydrogens is 1990 g/mol. The molecule has 3 heterocycles. The number of hydrogen-bond acceptors (Lipinski definition) is 31. The van der Waals surface area contributed by atoms with Gasteiger partial charge >= 0.3 is 12.1 Å². The Hall–Kier alpha value is -13.0. The van der Waals surface area contributed by atoms with Gasteiger partial charge in [0.2, 0.25) is 130 Å². The van der Waals surface area contributed by atoms with E-state index in [9.17, 15) is 110 Å². The quantitative estimate of drug-likeness (QED) is 0.0290. The molecule has 22 amide bonds. The summed E-state index contributed by atoms with van der Waals surface area (Å²) < 4.78 is 31.7. The number of amides is 22. The first-order valence-electron chi connectivity index (χ1n) is 46.3. The van der Waals surface area contributed by atoms with Crippen molar-refractivity contribution in [2.75, 3.05) is 49.2 Å². The molecule has 18 atom stereocenters. The first kappa shape index (κ1) is 124. The molecule has 5 unspecified atom stereocenters. The second-order valence-electron chi connectivity index (χ2n) is 35.6. The summed E-state index contributed by atoms with van der Waals surface area (Å²) in [6.45, 7) is 11.6. The van der Waals surface area contributed by atoms with Crippen molar-refractivity contribution >= 4 is 179 Å². The molecule has 3 aliphatic rings. The largest absolute Gasteiger partial charge is 0.508 e. The number of carbonyl (C=O) groups is 23. The third kappa shape index (κ3) is 43.8. The number of nitrogens with one attached hydrogen (secondary N) is 14. The molecule has 33 N–H and O–H groups in total. The minimum Gasteiger partial charge on any atom is -0.508 e. The number of phenolic OH excluding ortho intramolecular Hbond substituents is 2. The van der Waals surface area contributed by atoms with Crippen LogP contribution in [0.25, 0.3) is 0 Å². The Morgan fingerprint density at radius 1 is 0.414 bits per heavy atom. The van der Waals surface area contributed by atoms with E-state index in [0.29, 0.717) is 32.7 Å². The predicted molar refractivity (Wildman–Crippen MR) is 522 cm³/mol. The molecule has 0 spiro atoms. The lowest BCUT2D eigenvalue weighted by atomic mass is 9.96. The zero-order valence-electron chi connectivity index (χ0n) is 81.1. The summed E-state index contributed by atoms with van der Waals surface area (Å²) in [4.78, 5) is 322. The number of nitrogens with zero attached hydrogens (tertiary/aromatic N) is 2. The summed E-state index contributed by atoms with van der Waals surface area (Å²) in [5, 5.41) is 62.7. The van der Waals surface area contributed by atoms with Gasteiger partial charge in [-0.2, -0.15) is 13.2 Å². The number of benzene rings is 2. The smallest absolute Gasteiger partial charge is 0.490 e. The maximum absolute atomic E-state index is 15.6. The van der Waals surface area contributed by atoms with Crippen molar-refractivity contribution < 1.29 is 139 Å². The molecule has 3 aliphatic heterocycles. The number of carboxylic acid groups (broad SMARTS) is 1. The van der Waals surface area contributed by atoms with Crippen LogP contribution in [0.2, 0.25) is 0 Å². The molecule has 3 fully saturated rings. The van der Waals surface area contributed by atoms with Crippen LogP contribution in [-0.4, -0.2) is 313 Å². The highest BCUT2D eigenvalue weighted by Gasteiger charge is 2.46. The fourth-order valence-electron chi connectivity index (χ4n) is 14.7. The predicted octanol–water partition coefficient (Wildman–Crippen LogP) is -6.58. The zero-order chi connectivity index (χ0) is 109. The highest BCUT2D eigenvalue weighted by Crippen LogP contribution is 2.30. The summed E-state index contributed by atoms with van der Waals surface area (Å²) in [7, 11) is 3.31. The third-order valence-electron chi connectivity index (χ3n) is 22.8. The molecule has 806 valence electrons. The molecule has 2 aromatic rings. The van der Waals surface area contributed by atoms with Gasteiger partial charge in [-0.05, 0) is 110 Å². The number of nitrogens with two attached hydrogens (primary N) is 8. The summed E-state index contributed by atoms with van der Waals surface area (Å²) in [6, 6.07) is -15.5. The van der Waals surface area contributed by atoms with Crippen LogP contribution in [0.15, 0.2) is 48.5 Å². The number of likely N-dealkylation sites (tertiary alicyclic amines) is 2. The lowest BCUT2D eigenvalue weighted by Crippen LogP contribution is -2.61. The standard InChI is InChI=1S/C86H132N24O24S4.C2HF3O2/c1-9-43(7)69-83(131)97-51(23-25-63(89)113)75(123)101-57(33-65(91)115)77(125)105-59(85(133)109-27-11-13-61(109)81(129)103-53(29-41(3)4)73(121)95-35-67(93)117)39-137-138-40-60(86(134)110-28-12-14-62(110)82(130)104-54(30-42(5)6)74(122)96-36-68(94)118)106-78(126)58(34-66(92)116)102-76(124)52(24-26-64(90)114)98-84(132)70(44(8)10-2)108-80(128)56(32-46-17-21-48(112)22-18-46)100-72(120)50(88)38-136-135-37-49(87)71(119)99-55(79(127)107-69)31-45-15-19-47(111)20-16-45;3-2(4,5)1(6)7/h15-22,41-44,49-62,69-70,111-112H,9-14,23-40,87-88H2,1-8H3,(H2,89,113)(H2,90,114)(H2,91,115)(H2,92,116)(H2,93,117)(H2,94,118)(H,95,121)(H,96,122)(H,97,131)(H,98,132)(H,99,119)(H,100,120)(H,101,123)(H,102,124)(H,103,129)(H,104,130)(H,105,125)(H,106,126)(H,107,127)(H,108,128);(H,6,7)/t43-,44-,49-,50-,51?,52?,53-,54-,55-,56?,57-,58-,59?,60?,61-,62-,69-,70-;/m0./s1. The zero-order valence-corrected chi connectivity index (χ0v) is 84.4. The number of hydrogen-bond donors (Lipinski definition) is 25. The van der Waals surface area contributed by atoms with Gasteiger partial charge in [0.15, 0.2) is 0 Å². The second-order valence-corrected chi connectivity index (χ2v) is 40.7. The van der Waals surface area contributed by atoms with Crippen molar-refractivity contribution in [3.05, 3.63) is 59.7 Å². The number of rotatable bonds is 34. The summed E-state index contributed by atoms with van der Waals surface area (Å²) in [6.07, 6.45) is -10.00. The molecule has 0 saturated carbocycles. The van der Waals surface area contributed by atoms with E-state index in [-0.39, 0.29) is 112 Å². The highest BCUT2D eigenvalue weighted by atomic mass is 33.1. The van der Waals surface area contributed by atoms with E-state index < -0.39 is 314 Å². The molecule has 5 rings (SSSR count). The van der Waals surface area contributed by atoms with Crippen LogP contribution in [0.3, 0.4) is 0 Å². The molecule has 50 nitrogen and oxygen atoms in total. The number of carbonyl (C=O) groups excluding carboxylic acids is 22. The van der Waals surface area contributed by atoms with E-state index >= 15 is 19.2 Å². The SMILES string of the molecule is CC[C@H](C)[C@@H]1NC(=O)C(Cc2ccc(O)cc2)NC(=O)[C@@H](N)CSSC[C@H](N)C(=O)N[C@@H](Cc2ccc(O)cc2)C(=O)N[C@@H]([C@@H](C)CC)C(=O)NC(CCC(N)=O)C(=O)N[C@@H](CC(N)=O)C(=O)NC(C(=O)N2CCC[C@H]2C(=O)N[C@@H](CC(C)C)C(=O)NCC(N)=O)CSSCC(C(=O)N2CCC[C@H]2C(=O)N[C@@H](CC(C)C)C(=O)NCC(N)=O)NC(=O)[C@H](CC(N)=O)NC(=O)C(CCC(N)=O)NC1=O.O=C(O)C(F)(F)F. The number of aliphatic carboxylic acids is 1. The Labute approximate surface area is 848 Å². The average molecular weight is 2130 g/mol. The average Bonchev–Trinajstić information content (AvgIpc) is 1.71. The van der Waals surface area contributed by atoms with Crippen LogP contribution in [0, 0.1) is 23.7 Å². The van der Waals surface area contributed by atoms with Crippen molar-refractivity contribution in [2.45, 2.75) is 261 Å². The fourth-order valence-corrected chi connectivity index (χ4v) is 19.2. The first-order valence-corrected chi connectivity index (χ1v) is 51.3. The van der Waals surface area contributed by atoms with Crippen LogP contribution < -0.4 is 120 Å². The van der Waals surface area contributed by atoms with Gasteiger partial charge < -0.3 is 145 Å². The van der Waals surface area contributed by atoms with E-state index in [4.69, 9.17) is 55.8 Å². The Morgan fingerprint density at radius 2 is 0.710 bits per heavy atom. The molecule has 3 saturated heterocycles. The molecule has 57 heteroatoms. The maximum atomic E-state index is 15.6. The van der Waals surface area contributed by atoms with E-state index in [1.54, 1.807) is 55.4 Å². The number of phenols is 2. The van der Waals surface area contributed by atoms with Crippen LogP contribution in [0.1, 0.15) is 156 Å².